The summed E-state index contributed by atoms with van der Waals surface area (Å²) in [4.78, 5) is 37.3. The molecular weight excluding hydrogens is 446 g/mol. The van der Waals surface area contributed by atoms with Gasteiger partial charge in [-0.25, -0.2) is 14.4 Å². The van der Waals surface area contributed by atoms with Crippen LogP contribution < -0.4 is 15.7 Å². The molecule has 1 amide bonds. The van der Waals surface area contributed by atoms with Gasteiger partial charge in [-0.3, -0.25) is 0 Å². The summed E-state index contributed by atoms with van der Waals surface area (Å²) >= 11 is 0. The molecule has 3 aromatic carbocycles. The number of hydrogen-bond donors (Lipinski definition) is 1. The summed E-state index contributed by atoms with van der Waals surface area (Å²) in [7, 11) is 0. The standard InChI is InChI=1S/C28H25NO6/c1-3-23(29-28(32)33-17-19-10-6-4-7-11-19)27(31)34-24-15-14-21-22(20-12-8-5-9-13-20)16-25(30)35-26(21)18(24)2/h4-16,23H,3,17H2,1-2H3,(H,29,32). The molecule has 0 radical (unpaired) electrons. The molecular formula is C28H25NO6. The van der Waals surface area contributed by atoms with E-state index in [0.717, 1.165) is 22.1 Å². The number of aryl methyl sites for hydroxylation is 1. The Morgan fingerprint density at radius 2 is 1.66 bits per heavy atom. The first-order valence-electron chi connectivity index (χ1n) is 11.3. The number of alkyl carbamates (subject to hydrolysis) is 1. The molecule has 178 valence electrons. The average Bonchev–Trinajstić information content (AvgIpc) is 2.88. The zero-order valence-corrected chi connectivity index (χ0v) is 19.4. The van der Waals surface area contributed by atoms with Crippen LogP contribution in [0.1, 0.15) is 24.5 Å². The Kier molecular flexibility index (Phi) is 7.26. The minimum atomic E-state index is -0.906. The Bertz CT molecular complexity index is 1400. The molecule has 1 unspecified atom stereocenters. The molecule has 35 heavy (non-hydrogen) atoms. The fraction of sp³-hybridized carbons (Fsp3) is 0.179. The third-order valence-electron chi connectivity index (χ3n) is 5.60. The summed E-state index contributed by atoms with van der Waals surface area (Å²) < 4.78 is 16.3. The van der Waals surface area contributed by atoms with Crippen molar-refractivity contribution in [2.24, 2.45) is 0 Å². The number of carbonyl (C=O) groups is 2. The lowest BCUT2D eigenvalue weighted by Gasteiger charge is -2.17. The molecule has 0 spiro atoms. The largest absolute Gasteiger partial charge is 0.445 e. The van der Waals surface area contributed by atoms with Gasteiger partial charge < -0.3 is 19.2 Å². The van der Waals surface area contributed by atoms with E-state index in [-0.39, 0.29) is 12.4 Å². The molecule has 0 bridgehead atoms. The topological polar surface area (TPSA) is 94.8 Å². The molecule has 0 saturated heterocycles. The van der Waals surface area contributed by atoms with Gasteiger partial charge in [-0.2, -0.15) is 0 Å². The lowest BCUT2D eigenvalue weighted by atomic mass is 10.0. The number of carbonyl (C=O) groups excluding carboxylic acids is 2. The smallest absolute Gasteiger partial charge is 0.408 e. The van der Waals surface area contributed by atoms with Gasteiger partial charge in [0.15, 0.2) is 0 Å². The van der Waals surface area contributed by atoms with Crippen LogP contribution in [0.3, 0.4) is 0 Å². The van der Waals surface area contributed by atoms with E-state index in [2.05, 4.69) is 5.32 Å². The number of rotatable bonds is 7. The second-order valence-corrected chi connectivity index (χ2v) is 8.00. The Balaban J connectivity index is 1.51. The van der Waals surface area contributed by atoms with E-state index in [1.165, 1.54) is 6.07 Å². The van der Waals surface area contributed by atoms with Crippen molar-refractivity contribution in [3.05, 3.63) is 100 Å². The highest BCUT2D eigenvalue weighted by Gasteiger charge is 2.23. The molecule has 4 aromatic rings. The maximum atomic E-state index is 12.8. The lowest BCUT2D eigenvalue weighted by Crippen LogP contribution is -2.42. The van der Waals surface area contributed by atoms with E-state index in [1.807, 2.05) is 60.7 Å². The van der Waals surface area contributed by atoms with Gasteiger partial charge in [-0.05, 0) is 42.2 Å². The first-order chi connectivity index (χ1) is 17.0. The normalized spacial score (nSPS) is 11.6. The summed E-state index contributed by atoms with van der Waals surface area (Å²) in [5, 5.41) is 3.27. The second kappa shape index (κ2) is 10.7. The van der Waals surface area contributed by atoms with Crippen molar-refractivity contribution in [2.75, 3.05) is 0 Å². The molecule has 7 nitrogen and oxygen atoms in total. The Labute approximate surface area is 202 Å². The first kappa shape index (κ1) is 23.8. The molecule has 4 rings (SSSR count). The summed E-state index contributed by atoms with van der Waals surface area (Å²) in [6.45, 7) is 3.55. The molecule has 0 aliphatic carbocycles. The van der Waals surface area contributed by atoms with Gasteiger partial charge in [0.05, 0.1) is 0 Å². The molecule has 0 aliphatic heterocycles. The Morgan fingerprint density at radius 3 is 2.34 bits per heavy atom. The fourth-order valence-electron chi connectivity index (χ4n) is 3.72. The summed E-state index contributed by atoms with van der Waals surface area (Å²) in [5.41, 5.74) is 2.78. The van der Waals surface area contributed by atoms with Crippen LogP contribution in [0, 0.1) is 6.92 Å². The highest BCUT2D eigenvalue weighted by Crippen LogP contribution is 2.33. The van der Waals surface area contributed by atoms with Crippen molar-refractivity contribution in [3.63, 3.8) is 0 Å². The molecule has 0 fully saturated rings. The van der Waals surface area contributed by atoms with Gasteiger partial charge in [0.25, 0.3) is 0 Å². The second-order valence-electron chi connectivity index (χ2n) is 8.00. The van der Waals surface area contributed by atoms with Gasteiger partial charge in [0, 0.05) is 17.0 Å². The van der Waals surface area contributed by atoms with E-state index in [9.17, 15) is 14.4 Å². The number of ether oxygens (including phenoxy) is 2. The predicted octanol–water partition coefficient (Wildman–Crippen LogP) is 5.38. The third-order valence-corrected chi connectivity index (χ3v) is 5.60. The van der Waals surface area contributed by atoms with Gasteiger partial charge >= 0.3 is 17.7 Å². The van der Waals surface area contributed by atoms with Gasteiger partial charge in [0.2, 0.25) is 0 Å². The number of amides is 1. The zero-order chi connectivity index (χ0) is 24.8. The molecule has 0 saturated carbocycles. The van der Waals surface area contributed by atoms with Crippen molar-refractivity contribution in [1.29, 1.82) is 0 Å². The maximum Gasteiger partial charge on any atom is 0.408 e. The van der Waals surface area contributed by atoms with E-state index in [1.54, 1.807) is 26.0 Å². The van der Waals surface area contributed by atoms with Crippen molar-refractivity contribution >= 4 is 23.0 Å². The molecule has 0 aliphatic rings. The molecule has 1 atom stereocenters. The summed E-state index contributed by atoms with van der Waals surface area (Å²) in [5.74, 6) is -0.401. The first-order valence-corrected chi connectivity index (χ1v) is 11.3. The quantitative estimate of drug-likeness (QED) is 0.221. The zero-order valence-electron chi connectivity index (χ0n) is 19.4. The molecule has 7 heteroatoms. The monoisotopic (exact) mass is 471 g/mol. The number of benzene rings is 3. The lowest BCUT2D eigenvalue weighted by molar-refractivity contribution is -0.136. The number of nitrogens with one attached hydrogen (secondary N) is 1. The van der Waals surface area contributed by atoms with E-state index in [4.69, 9.17) is 13.9 Å². The van der Waals surface area contributed by atoms with Crippen molar-refractivity contribution in [2.45, 2.75) is 32.9 Å². The van der Waals surface area contributed by atoms with Crippen LogP contribution in [-0.2, 0) is 16.1 Å². The number of fused-ring (bicyclic) bond motifs is 1. The van der Waals surface area contributed by atoms with Gasteiger partial charge in [0.1, 0.15) is 24.0 Å². The van der Waals surface area contributed by atoms with Crippen LogP contribution in [0.4, 0.5) is 4.79 Å². The van der Waals surface area contributed by atoms with Crippen LogP contribution in [0.25, 0.3) is 22.1 Å². The average molecular weight is 472 g/mol. The van der Waals surface area contributed by atoms with Gasteiger partial charge in [-0.15, -0.1) is 0 Å². The summed E-state index contributed by atoms with van der Waals surface area (Å²) in [6.07, 6.45) is -0.412. The minimum absolute atomic E-state index is 0.0880. The molecule has 1 heterocycles. The fourth-order valence-corrected chi connectivity index (χ4v) is 3.72. The van der Waals surface area contributed by atoms with Crippen molar-refractivity contribution < 1.29 is 23.5 Å². The van der Waals surface area contributed by atoms with Gasteiger partial charge in [-0.1, -0.05) is 67.6 Å². The Hall–Kier alpha value is -4.39. The maximum absolute atomic E-state index is 12.8. The summed E-state index contributed by atoms with van der Waals surface area (Å²) in [6, 6.07) is 22.7. The third kappa shape index (κ3) is 5.58. The number of hydrogen-bond acceptors (Lipinski definition) is 6. The predicted molar refractivity (Wildman–Crippen MR) is 132 cm³/mol. The number of esters is 1. The van der Waals surface area contributed by atoms with Crippen molar-refractivity contribution in [1.82, 2.24) is 5.32 Å². The van der Waals surface area contributed by atoms with E-state index >= 15 is 0 Å². The SMILES string of the molecule is CCC(NC(=O)OCc1ccccc1)C(=O)Oc1ccc2c(-c3ccccc3)cc(=O)oc2c1C. The van der Waals surface area contributed by atoms with Crippen LogP contribution in [0.2, 0.25) is 0 Å². The Morgan fingerprint density at radius 1 is 0.971 bits per heavy atom. The highest BCUT2D eigenvalue weighted by molar-refractivity contribution is 5.96. The van der Waals surface area contributed by atoms with Crippen LogP contribution in [0.15, 0.2) is 88.1 Å². The van der Waals surface area contributed by atoms with Crippen LogP contribution in [0.5, 0.6) is 5.75 Å². The van der Waals surface area contributed by atoms with Crippen LogP contribution in [-0.4, -0.2) is 18.1 Å². The molecule has 1 N–H and O–H groups in total. The van der Waals surface area contributed by atoms with E-state index in [0.29, 0.717) is 17.6 Å². The van der Waals surface area contributed by atoms with Crippen LogP contribution >= 0.6 is 0 Å². The van der Waals surface area contributed by atoms with Crippen molar-refractivity contribution in [3.8, 4) is 16.9 Å². The molecule has 1 aromatic heterocycles. The minimum Gasteiger partial charge on any atom is -0.445 e. The van der Waals surface area contributed by atoms with E-state index < -0.39 is 23.7 Å². The highest BCUT2D eigenvalue weighted by atomic mass is 16.6.